The van der Waals surface area contributed by atoms with E-state index in [-0.39, 0.29) is 53.0 Å². The summed E-state index contributed by atoms with van der Waals surface area (Å²) >= 11 is 0. The first-order chi connectivity index (χ1) is 19.0. The molecule has 0 amide bonds. The number of ether oxygens (including phenoxy) is 3. The number of fused-ring (bicyclic) bond motifs is 4. The zero-order valence-corrected chi connectivity index (χ0v) is 26.8. The van der Waals surface area contributed by atoms with Crippen molar-refractivity contribution in [3.05, 3.63) is 0 Å². The van der Waals surface area contributed by atoms with Crippen molar-refractivity contribution >= 4 is 11.9 Å². The van der Waals surface area contributed by atoms with Gasteiger partial charge < -0.3 is 25.1 Å². The molecule has 1 saturated heterocycles. The van der Waals surface area contributed by atoms with Crippen molar-refractivity contribution in [2.24, 2.45) is 56.5 Å². The van der Waals surface area contributed by atoms with Crippen molar-refractivity contribution < 1.29 is 28.9 Å². The topological polar surface area (TPSA) is 108 Å². The van der Waals surface area contributed by atoms with Crippen molar-refractivity contribution in [3.63, 3.8) is 0 Å². The van der Waals surface area contributed by atoms with E-state index in [2.05, 4.69) is 34.6 Å². The molecule has 0 aromatic rings. The SMILES string of the molecule is CC(=O)O[C@@H](C1CC(C)C2C(C[C@@]3(C)[C@@H]4CCC5C(C)(C)[C@@H](OC(=O)CN)CCC56C[C@@]46CC[C@]23C)O1)C(C)(C)O. The highest BCUT2D eigenvalue weighted by Crippen LogP contribution is 2.89. The molecule has 12 atom stereocenters. The van der Waals surface area contributed by atoms with Gasteiger partial charge in [-0.25, -0.2) is 0 Å². The van der Waals surface area contributed by atoms with E-state index in [0.29, 0.717) is 34.5 Å². The molecule has 6 aliphatic rings. The first kappa shape index (κ1) is 29.9. The van der Waals surface area contributed by atoms with Crippen LogP contribution in [0.4, 0.5) is 0 Å². The third-order valence-electron chi connectivity index (χ3n) is 14.4. The van der Waals surface area contributed by atoms with Crippen LogP contribution in [0.1, 0.15) is 113 Å². The Labute approximate surface area is 247 Å². The summed E-state index contributed by atoms with van der Waals surface area (Å²) < 4.78 is 18.5. The lowest BCUT2D eigenvalue weighted by molar-refractivity contribution is -0.209. The van der Waals surface area contributed by atoms with E-state index in [0.717, 1.165) is 25.7 Å². The zero-order valence-electron chi connectivity index (χ0n) is 26.8. The molecule has 41 heavy (non-hydrogen) atoms. The van der Waals surface area contributed by atoms with Crippen LogP contribution in [0.3, 0.4) is 0 Å². The van der Waals surface area contributed by atoms with Crippen molar-refractivity contribution in [3.8, 4) is 0 Å². The molecule has 6 unspecified atom stereocenters. The molecule has 1 aliphatic heterocycles. The lowest BCUT2D eigenvalue weighted by Crippen LogP contribution is -2.58. The third-order valence-corrected chi connectivity index (χ3v) is 14.4. The molecule has 0 bridgehead atoms. The lowest BCUT2D eigenvalue weighted by atomic mass is 9.41. The number of nitrogens with two attached hydrogens (primary N) is 1. The van der Waals surface area contributed by atoms with Crippen molar-refractivity contribution in [1.82, 2.24) is 0 Å². The van der Waals surface area contributed by atoms with Gasteiger partial charge in [0.05, 0.1) is 24.4 Å². The number of hydrogen-bond donors (Lipinski definition) is 2. The van der Waals surface area contributed by atoms with Crippen LogP contribution in [-0.4, -0.2) is 53.6 Å². The van der Waals surface area contributed by atoms with Crippen LogP contribution in [0, 0.1) is 50.7 Å². The number of carbonyl (C=O) groups is 2. The normalized spacial score (nSPS) is 50.2. The van der Waals surface area contributed by atoms with Gasteiger partial charge in [-0.15, -0.1) is 0 Å². The molecule has 0 aromatic heterocycles. The predicted octanol–water partition coefficient (Wildman–Crippen LogP) is 5.40. The van der Waals surface area contributed by atoms with E-state index in [1.807, 2.05) is 0 Å². The number of aliphatic hydroxyl groups is 1. The maximum atomic E-state index is 12.2. The fourth-order valence-corrected chi connectivity index (χ4v) is 12.8. The molecular formula is C34H55NO6. The Bertz CT molecular complexity index is 1100. The summed E-state index contributed by atoms with van der Waals surface area (Å²) in [5.41, 5.74) is 5.52. The molecule has 5 saturated carbocycles. The summed E-state index contributed by atoms with van der Waals surface area (Å²) in [6, 6.07) is 0. The molecule has 6 fully saturated rings. The van der Waals surface area contributed by atoms with Gasteiger partial charge in [0.25, 0.3) is 0 Å². The summed E-state index contributed by atoms with van der Waals surface area (Å²) in [4.78, 5) is 24.2. The average Bonchev–Trinajstić information content (AvgIpc) is 3.46. The molecule has 0 aromatic carbocycles. The summed E-state index contributed by atoms with van der Waals surface area (Å²) in [5.74, 6) is 1.49. The smallest absolute Gasteiger partial charge is 0.319 e. The van der Waals surface area contributed by atoms with E-state index < -0.39 is 11.7 Å². The molecular weight excluding hydrogens is 518 g/mol. The van der Waals surface area contributed by atoms with Crippen LogP contribution in [-0.2, 0) is 23.8 Å². The van der Waals surface area contributed by atoms with Crippen LogP contribution in [0.25, 0.3) is 0 Å². The van der Waals surface area contributed by atoms with Crippen LogP contribution >= 0.6 is 0 Å². The Morgan fingerprint density at radius 3 is 2.32 bits per heavy atom. The molecule has 1 heterocycles. The summed E-state index contributed by atoms with van der Waals surface area (Å²) in [6.07, 6.45) is 9.32. The third kappa shape index (κ3) is 3.92. The molecule has 232 valence electrons. The number of esters is 2. The molecule has 7 nitrogen and oxygen atoms in total. The standard InChI is InChI=1S/C34H55NO6/c1-19-15-21(28(30(5,6)38)39-20(2)36)40-22-16-32(8)24-10-9-23-29(3,4)25(41-26(37)17-35)11-12-33(23)18-34(24,33)14-13-31(32,7)27(19)22/h19,21-25,27-28,38H,9-18,35H2,1-8H3/t19?,21?,22?,23?,24-,25-,27?,28-,31+,32-,33?,34-/m0/s1. The average molecular weight is 574 g/mol. The number of hydrogen-bond acceptors (Lipinski definition) is 7. The molecule has 0 radical (unpaired) electrons. The van der Waals surface area contributed by atoms with Gasteiger partial charge in [0.15, 0.2) is 6.10 Å². The van der Waals surface area contributed by atoms with E-state index >= 15 is 0 Å². The zero-order chi connectivity index (χ0) is 30.0. The van der Waals surface area contributed by atoms with Crippen molar-refractivity contribution in [2.45, 2.75) is 143 Å². The van der Waals surface area contributed by atoms with E-state index in [9.17, 15) is 14.7 Å². The van der Waals surface area contributed by atoms with Gasteiger partial charge in [-0.2, -0.15) is 0 Å². The fourth-order valence-electron chi connectivity index (χ4n) is 12.8. The van der Waals surface area contributed by atoms with Gasteiger partial charge in [0, 0.05) is 12.3 Å². The van der Waals surface area contributed by atoms with Gasteiger partial charge in [0.1, 0.15) is 6.10 Å². The molecule has 6 rings (SSSR count). The Balaban J connectivity index is 1.28. The second-order valence-corrected chi connectivity index (χ2v) is 16.9. The monoisotopic (exact) mass is 573 g/mol. The van der Waals surface area contributed by atoms with Crippen LogP contribution < -0.4 is 5.73 Å². The predicted molar refractivity (Wildman–Crippen MR) is 155 cm³/mol. The number of rotatable bonds is 5. The Hall–Kier alpha value is -1.18. The van der Waals surface area contributed by atoms with E-state index in [1.165, 1.54) is 39.0 Å². The van der Waals surface area contributed by atoms with Gasteiger partial charge in [0.2, 0.25) is 0 Å². The Morgan fingerprint density at radius 1 is 1.02 bits per heavy atom. The summed E-state index contributed by atoms with van der Waals surface area (Å²) in [6.45, 7) is 17.0. The molecule has 3 N–H and O–H groups in total. The van der Waals surface area contributed by atoms with Gasteiger partial charge in [-0.05, 0) is 117 Å². The summed E-state index contributed by atoms with van der Waals surface area (Å²) in [7, 11) is 0. The minimum Gasteiger partial charge on any atom is -0.461 e. The van der Waals surface area contributed by atoms with Gasteiger partial charge >= 0.3 is 11.9 Å². The molecule has 5 aliphatic carbocycles. The Kier molecular flexibility index (Phi) is 6.68. The highest BCUT2D eigenvalue weighted by molar-refractivity contribution is 5.71. The second-order valence-electron chi connectivity index (χ2n) is 16.9. The van der Waals surface area contributed by atoms with Crippen molar-refractivity contribution in [2.75, 3.05) is 6.54 Å². The van der Waals surface area contributed by atoms with Crippen LogP contribution in [0.15, 0.2) is 0 Å². The minimum atomic E-state index is -1.17. The molecule has 2 spiro atoms. The highest BCUT2D eigenvalue weighted by Gasteiger charge is 2.83. The highest BCUT2D eigenvalue weighted by atomic mass is 16.6. The first-order valence-corrected chi connectivity index (χ1v) is 16.4. The van der Waals surface area contributed by atoms with E-state index in [4.69, 9.17) is 19.9 Å². The fraction of sp³-hybridized carbons (Fsp3) is 0.941. The Morgan fingerprint density at radius 2 is 1.68 bits per heavy atom. The van der Waals surface area contributed by atoms with Crippen LogP contribution in [0.5, 0.6) is 0 Å². The second kappa shape index (κ2) is 9.17. The largest absolute Gasteiger partial charge is 0.461 e. The summed E-state index contributed by atoms with van der Waals surface area (Å²) in [5, 5.41) is 10.9. The maximum absolute atomic E-state index is 12.2. The van der Waals surface area contributed by atoms with Crippen molar-refractivity contribution in [1.29, 1.82) is 0 Å². The minimum absolute atomic E-state index is 0.0451. The van der Waals surface area contributed by atoms with E-state index in [1.54, 1.807) is 13.8 Å². The maximum Gasteiger partial charge on any atom is 0.319 e. The van der Waals surface area contributed by atoms with Gasteiger partial charge in [-0.3, -0.25) is 9.59 Å². The first-order valence-electron chi connectivity index (χ1n) is 16.4. The molecule has 7 heteroatoms. The van der Waals surface area contributed by atoms with Gasteiger partial charge in [-0.1, -0.05) is 34.6 Å². The lowest BCUT2D eigenvalue weighted by Gasteiger charge is -2.63. The number of carbonyl (C=O) groups excluding carboxylic acids is 2. The van der Waals surface area contributed by atoms with Crippen LogP contribution in [0.2, 0.25) is 0 Å². The quantitative estimate of drug-likeness (QED) is 0.424.